The Morgan fingerprint density at radius 2 is 1.81 bits per heavy atom. The number of aldehydes is 1. The highest BCUT2D eigenvalue weighted by molar-refractivity contribution is 7.89. The number of amides is 1. The minimum Gasteiger partial charge on any atom is -0.352 e. The maximum atomic E-state index is 12.3. The lowest BCUT2D eigenvalue weighted by molar-refractivity contribution is -0.107. The summed E-state index contributed by atoms with van der Waals surface area (Å²) < 4.78 is 26.1. The standard InChI is InChI=1S/C14H18N2O4S/c17-11-3-8-15-14(18)12-4-6-13(7-5-12)21(19,20)16-9-1-2-10-16/h4-7,11H,1-3,8-10H2,(H,15,18). The second kappa shape index (κ2) is 6.82. The van der Waals surface area contributed by atoms with Gasteiger partial charge in [-0.2, -0.15) is 4.31 Å². The molecule has 1 heterocycles. The third-order valence-corrected chi connectivity index (χ3v) is 5.28. The van der Waals surface area contributed by atoms with Crippen LogP contribution in [0.1, 0.15) is 29.6 Å². The molecule has 1 fully saturated rings. The van der Waals surface area contributed by atoms with Gasteiger partial charge in [0.1, 0.15) is 6.29 Å². The average Bonchev–Trinajstić information content (AvgIpc) is 3.02. The molecule has 0 unspecified atom stereocenters. The van der Waals surface area contributed by atoms with E-state index >= 15 is 0 Å². The second-order valence-electron chi connectivity index (χ2n) is 4.85. The zero-order valence-corrected chi connectivity index (χ0v) is 12.4. The van der Waals surface area contributed by atoms with Gasteiger partial charge in [0, 0.05) is 31.6 Å². The van der Waals surface area contributed by atoms with Crippen LogP contribution in [0.3, 0.4) is 0 Å². The van der Waals surface area contributed by atoms with Crippen LogP contribution in [0.15, 0.2) is 29.2 Å². The van der Waals surface area contributed by atoms with E-state index in [2.05, 4.69) is 5.32 Å². The molecule has 7 heteroatoms. The van der Waals surface area contributed by atoms with E-state index in [1.807, 2.05) is 0 Å². The zero-order chi connectivity index (χ0) is 15.3. The smallest absolute Gasteiger partial charge is 0.251 e. The van der Waals surface area contributed by atoms with Gasteiger partial charge in [-0.3, -0.25) is 4.79 Å². The molecule has 0 aliphatic carbocycles. The Labute approximate surface area is 124 Å². The summed E-state index contributed by atoms with van der Waals surface area (Å²) in [7, 11) is -3.45. The number of nitrogens with one attached hydrogen (secondary N) is 1. The number of nitrogens with zero attached hydrogens (tertiary/aromatic N) is 1. The Morgan fingerprint density at radius 3 is 2.38 bits per heavy atom. The van der Waals surface area contributed by atoms with E-state index in [1.165, 1.54) is 28.6 Å². The molecule has 0 aromatic heterocycles. The van der Waals surface area contributed by atoms with Crippen molar-refractivity contribution in [3.8, 4) is 0 Å². The molecular weight excluding hydrogens is 292 g/mol. The highest BCUT2D eigenvalue weighted by Crippen LogP contribution is 2.20. The number of benzene rings is 1. The van der Waals surface area contributed by atoms with Crippen LogP contribution >= 0.6 is 0 Å². The van der Waals surface area contributed by atoms with Gasteiger partial charge in [-0.1, -0.05) is 0 Å². The Balaban J connectivity index is 2.08. The minimum absolute atomic E-state index is 0.203. The topological polar surface area (TPSA) is 83.5 Å². The monoisotopic (exact) mass is 310 g/mol. The first-order valence-electron chi connectivity index (χ1n) is 6.88. The molecule has 1 saturated heterocycles. The minimum atomic E-state index is -3.45. The summed E-state index contributed by atoms with van der Waals surface area (Å²) in [5, 5.41) is 2.58. The lowest BCUT2D eigenvalue weighted by Crippen LogP contribution is -2.28. The summed E-state index contributed by atoms with van der Waals surface area (Å²) in [6.07, 6.45) is 2.76. The molecule has 6 nitrogen and oxygen atoms in total. The maximum Gasteiger partial charge on any atom is 0.251 e. The van der Waals surface area contributed by atoms with Gasteiger partial charge in [-0.05, 0) is 37.1 Å². The van der Waals surface area contributed by atoms with Crippen molar-refractivity contribution in [2.75, 3.05) is 19.6 Å². The summed E-state index contributed by atoms with van der Waals surface area (Å²) in [5.41, 5.74) is 0.376. The second-order valence-corrected chi connectivity index (χ2v) is 6.78. The molecule has 1 amide bonds. The quantitative estimate of drug-likeness (QED) is 0.622. The Hall–Kier alpha value is -1.73. The number of hydrogen-bond donors (Lipinski definition) is 1. The van der Waals surface area contributed by atoms with Gasteiger partial charge in [0.25, 0.3) is 5.91 Å². The molecule has 0 bridgehead atoms. The van der Waals surface area contributed by atoms with Crippen LogP contribution in [0.5, 0.6) is 0 Å². The molecule has 0 saturated carbocycles. The Bertz CT molecular complexity index is 604. The molecule has 1 aromatic carbocycles. The van der Waals surface area contributed by atoms with E-state index in [1.54, 1.807) is 0 Å². The van der Waals surface area contributed by atoms with Crippen molar-refractivity contribution in [2.45, 2.75) is 24.2 Å². The fourth-order valence-electron chi connectivity index (χ4n) is 2.20. The first-order valence-corrected chi connectivity index (χ1v) is 8.32. The third kappa shape index (κ3) is 3.68. The zero-order valence-electron chi connectivity index (χ0n) is 11.6. The van der Waals surface area contributed by atoms with Gasteiger partial charge in [0.2, 0.25) is 10.0 Å². The van der Waals surface area contributed by atoms with E-state index < -0.39 is 10.0 Å². The fourth-order valence-corrected chi connectivity index (χ4v) is 3.72. The maximum absolute atomic E-state index is 12.3. The van der Waals surface area contributed by atoms with Crippen LogP contribution in [-0.2, 0) is 14.8 Å². The highest BCUT2D eigenvalue weighted by Gasteiger charge is 2.27. The van der Waals surface area contributed by atoms with Crippen LogP contribution < -0.4 is 5.32 Å². The fraction of sp³-hybridized carbons (Fsp3) is 0.429. The van der Waals surface area contributed by atoms with Crippen molar-refractivity contribution in [3.05, 3.63) is 29.8 Å². The molecule has 114 valence electrons. The number of rotatable bonds is 6. The van der Waals surface area contributed by atoms with E-state index in [0.29, 0.717) is 18.7 Å². The van der Waals surface area contributed by atoms with Crippen molar-refractivity contribution in [3.63, 3.8) is 0 Å². The van der Waals surface area contributed by atoms with E-state index in [-0.39, 0.29) is 23.8 Å². The molecule has 2 rings (SSSR count). The third-order valence-electron chi connectivity index (χ3n) is 3.37. The Morgan fingerprint density at radius 1 is 1.19 bits per heavy atom. The van der Waals surface area contributed by atoms with Gasteiger partial charge in [-0.15, -0.1) is 0 Å². The molecule has 1 aliphatic rings. The van der Waals surface area contributed by atoms with Gasteiger partial charge in [0.15, 0.2) is 0 Å². The normalized spacial score (nSPS) is 15.8. The highest BCUT2D eigenvalue weighted by atomic mass is 32.2. The summed E-state index contributed by atoms with van der Waals surface area (Å²) in [6.45, 7) is 1.38. The molecule has 1 aliphatic heterocycles. The van der Waals surface area contributed by atoms with Crippen molar-refractivity contribution >= 4 is 22.2 Å². The SMILES string of the molecule is O=CCCNC(=O)c1ccc(S(=O)(=O)N2CCCC2)cc1. The van der Waals surface area contributed by atoms with Crippen LogP contribution in [0, 0.1) is 0 Å². The molecule has 0 spiro atoms. The van der Waals surface area contributed by atoms with E-state index in [0.717, 1.165) is 19.1 Å². The van der Waals surface area contributed by atoms with Gasteiger partial charge in [-0.25, -0.2) is 8.42 Å². The van der Waals surface area contributed by atoms with Crippen LogP contribution in [0.4, 0.5) is 0 Å². The predicted molar refractivity (Wildman–Crippen MR) is 77.4 cm³/mol. The lowest BCUT2D eigenvalue weighted by atomic mass is 10.2. The van der Waals surface area contributed by atoms with Crippen LogP contribution in [-0.4, -0.2) is 44.6 Å². The first-order chi connectivity index (χ1) is 10.1. The molecule has 1 aromatic rings. The van der Waals surface area contributed by atoms with Crippen molar-refractivity contribution in [2.24, 2.45) is 0 Å². The van der Waals surface area contributed by atoms with Crippen LogP contribution in [0.25, 0.3) is 0 Å². The summed E-state index contributed by atoms with van der Waals surface area (Å²) in [6, 6.07) is 5.86. The molecule has 0 radical (unpaired) electrons. The number of carbonyl (C=O) groups excluding carboxylic acids is 2. The van der Waals surface area contributed by atoms with Crippen molar-refractivity contribution in [1.82, 2.24) is 9.62 Å². The number of hydrogen-bond acceptors (Lipinski definition) is 4. The molecule has 0 atom stereocenters. The van der Waals surface area contributed by atoms with Gasteiger partial charge in [0.05, 0.1) is 4.90 Å². The average molecular weight is 310 g/mol. The summed E-state index contributed by atoms with van der Waals surface area (Å²) >= 11 is 0. The van der Waals surface area contributed by atoms with Crippen molar-refractivity contribution < 1.29 is 18.0 Å². The van der Waals surface area contributed by atoms with E-state index in [9.17, 15) is 18.0 Å². The van der Waals surface area contributed by atoms with Crippen molar-refractivity contribution in [1.29, 1.82) is 0 Å². The first kappa shape index (κ1) is 15.7. The molecular formula is C14H18N2O4S. The lowest BCUT2D eigenvalue weighted by Gasteiger charge is -2.15. The molecule has 1 N–H and O–H groups in total. The number of sulfonamides is 1. The van der Waals surface area contributed by atoms with Gasteiger partial charge >= 0.3 is 0 Å². The largest absolute Gasteiger partial charge is 0.352 e. The number of carbonyl (C=O) groups is 2. The summed E-state index contributed by atoms with van der Waals surface area (Å²) in [4.78, 5) is 22.1. The van der Waals surface area contributed by atoms with Crippen LogP contribution in [0.2, 0.25) is 0 Å². The molecule has 21 heavy (non-hydrogen) atoms. The van der Waals surface area contributed by atoms with Gasteiger partial charge < -0.3 is 10.1 Å². The Kier molecular flexibility index (Phi) is 5.08. The summed E-state index contributed by atoms with van der Waals surface area (Å²) in [5.74, 6) is -0.318. The van der Waals surface area contributed by atoms with E-state index in [4.69, 9.17) is 0 Å². The predicted octanol–water partition coefficient (Wildman–Crippen LogP) is 0.790.